The molecule has 2 rings (SSSR count). The molecule has 0 spiro atoms. The first-order valence-electron chi connectivity index (χ1n) is 6.51. The number of amides is 1. The Kier molecular flexibility index (Phi) is 4.07. The van der Waals surface area contributed by atoms with Gasteiger partial charge in [-0.15, -0.1) is 0 Å². The van der Waals surface area contributed by atoms with Gasteiger partial charge in [0.1, 0.15) is 5.56 Å². The fourth-order valence-electron chi connectivity index (χ4n) is 1.95. The second-order valence-electron chi connectivity index (χ2n) is 5.00. The van der Waals surface area contributed by atoms with Gasteiger partial charge in [-0.25, -0.2) is 4.79 Å². The van der Waals surface area contributed by atoms with Crippen LogP contribution in [0, 0.1) is 6.92 Å². The van der Waals surface area contributed by atoms with Crippen molar-refractivity contribution in [1.82, 2.24) is 5.16 Å². The number of hydrogen-bond acceptors (Lipinski definition) is 4. The summed E-state index contributed by atoms with van der Waals surface area (Å²) >= 11 is 0. The number of nitrogens with zero attached hydrogens (tertiary/aromatic N) is 1. The molecule has 6 nitrogen and oxygen atoms in total. The maximum atomic E-state index is 12.3. The van der Waals surface area contributed by atoms with Crippen LogP contribution in [-0.4, -0.2) is 22.1 Å². The van der Waals surface area contributed by atoms with Gasteiger partial charge in [0.05, 0.1) is 11.3 Å². The van der Waals surface area contributed by atoms with Gasteiger partial charge < -0.3 is 14.9 Å². The molecule has 1 amide bonds. The first-order valence-corrected chi connectivity index (χ1v) is 6.51. The number of carboxylic acid groups (broad SMARTS) is 1. The molecule has 1 aromatic carbocycles. The number of hydrogen-bond donors (Lipinski definition) is 2. The molecule has 0 saturated heterocycles. The molecule has 0 aliphatic heterocycles. The molecule has 1 heterocycles. The van der Waals surface area contributed by atoms with Crippen molar-refractivity contribution >= 4 is 17.6 Å². The highest BCUT2D eigenvalue weighted by Crippen LogP contribution is 2.23. The number of carbonyl (C=O) groups is 2. The molecule has 0 aliphatic carbocycles. The number of carboxylic acids is 1. The third-order valence-corrected chi connectivity index (χ3v) is 3.03. The number of nitrogens with one attached hydrogen (secondary N) is 1. The second-order valence-corrected chi connectivity index (χ2v) is 5.00. The molecule has 0 fully saturated rings. The van der Waals surface area contributed by atoms with Crippen LogP contribution >= 0.6 is 0 Å². The molecule has 2 aromatic rings. The Labute approximate surface area is 121 Å². The molecule has 0 atom stereocenters. The van der Waals surface area contributed by atoms with Crippen molar-refractivity contribution in [3.8, 4) is 0 Å². The van der Waals surface area contributed by atoms with E-state index in [-0.39, 0.29) is 17.4 Å². The molecule has 0 unspecified atom stereocenters. The molecular weight excluding hydrogens is 272 g/mol. The first-order chi connectivity index (χ1) is 9.90. The fourth-order valence-corrected chi connectivity index (χ4v) is 1.95. The predicted molar refractivity (Wildman–Crippen MR) is 76.7 cm³/mol. The van der Waals surface area contributed by atoms with Crippen molar-refractivity contribution in [2.24, 2.45) is 0 Å². The standard InChI is InChI=1S/C15H16N2O4/c1-8(2)13-12(9(3)17-21-13)14(18)16-11-6-4-10(5-7-11)15(19)20/h4-8H,1-3H3,(H,16,18)(H,19,20). The average molecular weight is 288 g/mol. The summed E-state index contributed by atoms with van der Waals surface area (Å²) in [4.78, 5) is 23.1. The van der Waals surface area contributed by atoms with Crippen molar-refractivity contribution in [3.63, 3.8) is 0 Å². The van der Waals surface area contributed by atoms with Crippen molar-refractivity contribution in [2.75, 3.05) is 5.32 Å². The zero-order valence-corrected chi connectivity index (χ0v) is 12.0. The van der Waals surface area contributed by atoms with Crippen LogP contribution < -0.4 is 5.32 Å². The SMILES string of the molecule is Cc1noc(C(C)C)c1C(=O)Nc1ccc(C(=O)O)cc1. The Morgan fingerprint density at radius 2 is 1.86 bits per heavy atom. The summed E-state index contributed by atoms with van der Waals surface area (Å²) in [5.74, 6) is -0.751. The number of rotatable bonds is 4. The summed E-state index contributed by atoms with van der Waals surface area (Å²) in [5.41, 5.74) is 1.63. The number of anilines is 1. The molecular formula is C15H16N2O4. The Morgan fingerprint density at radius 1 is 1.24 bits per heavy atom. The molecule has 1 aromatic heterocycles. The Morgan fingerprint density at radius 3 is 2.38 bits per heavy atom. The van der Waals surface area contributed by atoms with E-state index >= 15 is 0 Å². The molecule has 0 radical (unpaired) electrons. The highest BCUT2D eigenvalue weighted by Gasteiger charge is 2.22. The van der Waals surface area contributed by atoms with Gasteiger partial charge in [-0.2, -0.15) is 0 Å². The minimum Gasteiger partial charge on any atom is -0.478 e. The van der Waals surface area contributed by atoms with Gasteiger partial charge in [-0.1, -0.05) is 19.0 Å². The highest BCUT2D eigenvalue weighted by molar-refractivity contribution is 6.06. The lowest BCUT2D eigenvalue weighted by atomic mass is 10.0. The van der Waals surface area contributed by atoms with E-state index < -0.39 is 5.97 Å². The summed E-state index contributed by atoms with van der Waals surface area (Å²) in [6.45, 7) is 5.54. The minimum absolute atomic E-state index is 0.0429. The van der Waals surface area contributed by atoms with Crippen molar-refractivity contribution in [2.45, 2.75) is 26.7 Å². The molecule has 0 aliphatic rings. The summed E-state index contributed by atoms with van der Waals surface area (Å²) in [5, 5.41) is 15.4. The van der Waals surface area contributed by atoms with Crippen LogP contribution in [-0.2, 0) is 0 Å². The smallest absolute Gasteiger partial charge is 0.335 e. The van der Waals surface area contributed by atoms with Crippen LogP contribution in [0.3, 0.4) is 0 Å². The normalized spacial score (nSPS) is 10.7. The molecule has 2 N–H and O–H groups in total. The van der Waals surface area contributed by atoms with E-state index in [4.69, 9.17) is 9.63 Å². The monoisotopic (exact) mass is 288 g/mol. The number of aryl methyl sites for hydroxylation is 1. The van der Waals surface area contributed by atoms with E-state index in [0.717, 1.165) is 0 Å². The fraction of sp³-hybridized carbons (Fsp3) is 0.267. The van der Waals surface area contributed by atoms with Crippen LogP contribution in [0.4, 0.5) is 5.69 Å². The zero-order chi connectivity index (χ0) is 15.6. The van der Waals surface area contributed by atoms with Crippen LogP contribution in [0.2, 0.25) is 0 Å². The number of aromatic nitrogens is 1. The third kappa shape index (κ3) is 3.10. The number of aromatic carboxylic acids is 1. The predicted octanol–water partition coefficient (Wildman–Crippen LogP) is 3.06. The van der Waals surface area contributed by atoms with Gasteiger partial charge in [0, 0.05) is 11.6 Å². The van der Waals surface area contributed by atoms with Gasteiger partial charge in [-0.05, 0) is 31.2 Å². The lowest BCUT2D eigenvalue weighted by Gasteiger charge is -2.07. The van der Waals surface area contributed by atoms with Crippen LogP contribution in [0.1, 0.15) is 51.9 Å². The van der Waals surface area contributed by atoms with E-state index in [9.17, 15) is 9.59 Å². The zero-order valence-electron chi connectivity index (χ0n) is 12.0. The van der Waals surface area contributed by atoms with Crippen LogP contribution in [0.15, 0.2) is 28.8 Å². The average Bonchev–Trinajstić information content (AvgIpc) is 2.81. The van der Waals surface area contributed by atoms with Crippen LogP contribution in [0.25, 0.3) is 0 Å². The van der Waals surface area contributed by atoms with E-state index in [2.05, 4.69) is 10.5 Å². The summed E-state index contributed by atoms with van der Waals surface area (Å²) < 4.78 is 5.18. The maximum Gasteiger partial charge on any atom is 0.335 e. The molecule has 21 heavy (non-hydrogen) atoms. The molecule has 6 heteroatoms. The maximum absolute atomic E-state index is 12.3. The van der Waals surface area contributed by atoms with Crippen molar-refractivity contribution in [3.05, 3.63) is 46.8 Å². The quantitative estimate of drug-likeness (QED) is 0.902. The Balaban J connectivity index is 2.22. The summed E-state index contributed by atoms with van der Waals surface area (Å²) in [6, 6.07) is 5.95. The summed E-state index contributed by atoms with van der Waals surface area (Å²) in [7, 11) is 0. The highest BCUT2D eigenvalue weighted by atomic mass is 16.5. The van der Waals surface area contributed by atoms with Gasteiger partial charge in [0.15, 0.2) is 5.76 Å². The molecule has 0 saturated carbocycles. The van der Waals surface area contributed by atoms with Gasteiger partial charge >= 0.3 is 5.97 Å². The van der Waals surface area contributed by atoms with Crippen molar-refractivity contribution in [1.29, 1.82) is 0 Å². The van der Waals surface area contributed by atoms with Crippen LogP contribution in [0.5, 0.6) is 0 Å². The number of carbonyl (C=O) groups excluding carboxylic acids is 1. The third-order valence-electron chi connectivity index (χ3n) is 3.03. The van der Waals surface area contributed by atoms with E-state index in [1.807, 2.05) is 13.8 Å². The van der Waals surface area contributed by atoms with Gasteiger partial charge in [0.25, 0.3) is 5.91 Å². The lowest BCUT2D eigenvalue weighted by molar-refractivity contribution is 0.0696. The number of benzene rings is 1. The largest absolute Gasteiger partial charge is 0.478 e. The first kappa shape index (κ1) is 14.8. The van der Waals surface area contributed by atoms with Crippen molar-refractivity contribution < 1.29 is 19.2 Å². The minimum atomic E-state index is -1.01. The van der Waals surface area contributed by atoms with E-state index in [1.54, 1.807) is 19.1 Å². The molecule has 110 valence electrons. The second kappa shape index (κ2) is 5.78. The lowest BCUT2D eigenvalue weighted by Crippen LogP contribution is -2.15. The van der Waals surface area contributed by atoms with Gasteiger partial charge in [-0.3, -0.25) is 4.79 Å². The molecule has 0 bridgehead atoms. The Bertz CT molecular complexity index is 671. The van der Waals surface area contributed by atoms with E-state index in [1.165, 1.54) is 12.1 Å². The van der Waals surface area contributed by atoms with E-state index in [0.29, 0.717) is 22.7 Å². The topological polar surface area (TPSA) is 92.4 Å². The van der Waals surface area contributed by atoms with Gasteiger partial charge in [0.2, 0.25) is 0 Å². The Hall–Kier alpha value is -2.63. The summed E-state index contributed by atoms with van der Waals surface area (Å²) in [6.07, 6.45) is 0.